The zero-order valence-corrected chi connectivity index (χ0v) is 15.9. The number of rotatable bonds is 4. The Morgan fingerprint density at radius 3 is 2.50 bits per heavy atom. The molecule has 3 heterocycles. The SMILES string of the molecule is Cc1cccc(NC(=O)C2CCN(c3ccc(-c4ccncc4)nn3)CC2)c1. The number of hydrogen-bond donors (Lipinski definition) is 1. The Bertz CT molecular complexity index is 935. The van der Waals surface area contributed by atoms with Crippen molar-refractivity contribution >= 4 is 17.4 Å². The second kappa shape index (κ2) is 8.17. The Morgan fingerprint density at radius 1 is 1.04 bits per heavy atom. The Balaban J connectivity index is 1.34. The van der Waals surface area contributed by atoms with Gasteiger partial charge in [0, 0.05) is 42.7 Å². The van der Waals surface area contributed by atoms with Gasteiger partial charge >= 0.3 is 0 Å². The molecule has 1 aromatic carbocycles. The van der Waals surface area contributed by atoms with Crippen LogP contribution in [0.2, 0.25) is 0 Å². The van der Waals surface area contributed by atoms with E-state index >= 15 is 0 Å². The lowest BCUT2D eigenvalue weighted by Crippen LogP contribution is -2.38. The van der Waals surface area contributed by atoms with Gasteiger partial charge in [-0.15, -0.1) is 10.2 Å². The summed E-state index contributed by atoms with van der Waals surface area (Å²) in [5.74, 6) is 0.987. The van der Waals surface area contributed by atoms with Crippen molar-refractivity contribution in [3.63, 3.8) is 0 Å². The smallest absolute Gasteiger partial charge is 0.227 e. The first-order valence-electron chi connectivity index (χ1n) is 9.56. The van der Waals surface area contributed by atoms with Crippen LogP contribution in [-0.4, -0.2) is 34.2 Å². The highest BCUT2D eigenvalue weighted by Gasteiger charge is 2.26. The fourth-order valence-corrected chi connectivity index (χ4v) is 3.51. The highest BCUT2D eigenvalue weighted by Crippen LogP contribution is 2.24. The summed E-state index contributed by atoms with van der Waals surface area (Å²) in [6.45, 7) is 3.62. The van der Waals surface area contributed by atoms with Crippen molar-refractivity contribution in [2.24, 2.45) is 5.92 Å². The number of pyridine rings is 1. The van der Waals surface area contributed by atoms with Crippen molar-refractivity contribution < 1.29 is 4.79 Å². The lowest BCUT2D eigenvalue weighted by Gasteiger charge is -2.31. The molecule has 2 aromatic heterocycles. The molecule has 0 saturated carbocycles. The van der Waals surface area contributed by atoms with E-state index in [1.54, 1.807) is 12.4 Å². The summed E-state index contributed by atoms with van der Waals surface area (Å²) in [4.78, 5) is 18.8. The van der Waals surface area contributed by atoms with Gasteiger partial charge in [0.05, 0.1) is 5.69 Å². The molecule has 4 rings (SSSR count). The molecule has 142 valence electrons. The molecule has 0 spiro atoms. The minimum atomic E-state index is 0.0285. The molecule has 1 N–H and O–H groups in total. The van der Waals surface area contributed by atoms with E-state index in [2.05, 4.69) is 25.4 Å². The van der Waals surface area contributed by atoms with Crippen LogP contribution in [-0.2, 0) is 4.79 Å². The zero-order chi connectivity index (χ0) is 19.3. The number of piperidine rings is 1. The molecule has 0 aliphatic carbocycles. The number of anilines is 2. The summed E-state index contributed by atoms with van der Waals surface area (Å²) in [5, 5.41) is 11.8. The summed E-state index contributed by atoms with van der Waals surface area (Å²) in [6, 6.07) is 15.7. The van der Waals surface area contributed by atoms with E-state index in [4.69, 9.17) is 0 Å². The molecule has 28 heavy (non-hydrogen) atoms. The Hall–Kier alpha value is -3.28. The van der Waals surface area contributed by atoms with Gasteiger partial charge in [0.2, 0.25) is 5.91 Å². The summed E-state index contributed by atoms with van der Waals surface area (Å²) >= 11 is 0. The van der Waals surface area contributed by atoms with Crippen molar-refractivity contribution in [2.75, 3.05) is 23.3 Å². The predicted molar refractivity (Wildman–Crippen MR) is 110 cm³/mol. The second-order valence-corrected chi connectivity index (χ2v) is 7.13. The maximum Gasteiger partial charge on any atom is 0.227 e. The lowest BCUT2D eigenvalue weighted by molar-refractivity contribution is -0.120. The molecule has 3 aromatic rings. The average Bonchev–Trinajstić information content (AvgIpc) is 2.75. The van der Waals surface area contributed by atoms with Crippen molar-refractivity contribution in [3.05, 3.63) is 66.5 Å². The van der Waals surface area contributed by atoms with Crippen molar-refractivity contribution in [2.45, 2.75) is 19.8 Å². The molecule has 0 atom stereocenters. The largest absolute Gasteiger partial charge is 0.355 e. The quantitative estimate of drug-likeness (QED) is 0.755. The summed E-state index contributed by atoms with van der Waals surface area (Å²) in [7, 11) is 0. The number of aryl methyl sites for hydroxylation is 1. The molecular formula is C22H23N5O. The molecule has 6 nitrogen and oxygen atoms in total. The van der Waals surface area contributed by atoms with Crippen LogP contribution in [0.25, 0.3) is 11.3 Å². The van der Waals surface area contributed by atoms with Crippen LogP contribution < -0.4 is 10.2 Å². The molecule has 1 amide bonds. The number of nitrogens with zero attached hydrogens (tertiary/aromatic N) is 4. The molecule has 6 heteroatoms. The monoisotopic (exact) mass is 373 g/mol. The topological polar surface area (TPSA) is 71.0 Å². The Kier molecular flexibility index (Phi) is 5.28. The standard InChI is InChI=1S/C22H23N5O/c1-16-3-2-4-19(15-16)24-22(28)18-9-13-27(14-10-18)21-6-5-20(25-26-21)17-7-11-23-12-8-17/h2-8,11-12,15,18H,9-10,13-14H2,1H3,(H,24,28). The van der Waals surface area contributed by atoms with Gasteiger partial charge in [-0.05, 0) is 61.7 Å². The number of hydrogen-bond acceptors (Lipinski definition) is 5. The van der Waals surface area contributed by atoms with Gasteiger partial charge in [-0.25, -0.2) is 0 Å². The fourth-order valence-electron chi connectivity index (χ4n) is 3.51. The number of carbonyl (C=O) groups excluding carboxylic acids is 1. The molecule has 1 aliphatic heterocycles. The number of aromatic nitrogens is 3. The maximum atomic E-state index is 12.6. The molecule has 1 fully saturated rings. The first kappa shape index (κ1) is 18.1. The average molecular weight is 373 g/mol. The number of amides is 1. The first-order chi connectivity index (χ1) is 13.7. The third-order valence-corrected chi connectivity index (χ3v) is 5.10. The van der Waals surface area contributed by atoms with Gasteiger partial charge in [-0.1, -0.05) is 12.1 Å². The highest BCUT2D eigenvalue weighted by atomic mass is 16.1. The van der Waals surface area contributed by atoms with Gasteiger partial charge < -0.3 is 10.2 Å². The Labute approximate surface area is 164 Å². The number of nitrogens with one attached hydrogen (secondary N) is 1. The molecule has 0 bridgehead atoms. The minimum Gasteiger partial charge on any atom is -0.355 e. The minimum absolute atomic E-state index is 0.0285. The van der Waals surface area contributed by atoms with E-state index in [1.807, 2.05) is 55.5 Å². The molecule has 0 unspecified atom stereocenters. The lowest BCUT2D eigenvalue weighted by atomic mass is 9.95. The summed E-state index contributed by atoms with van der Waals surface area (Å²) in [6.07, 6.45) is 5.12. The number of carbonyl (C=O) groups is 1. The van der Waals surface area contributed by atoms with Crippen LogP contribution in [0.4, 0.5) is 11.5 Å². The van der Waals surface area contributed by atoms with Gasteiger partial charge in [-0.2, -0.15) is 0 Å². The molecule has 1 saturated heterocycles. The van der Waals surface area contributed by atoms with Crippen LogP contribution in [0.5, 0.6) is 0 Å². The molecule has 1 aliphatic rings. The van der Waals surface area contributed by atoms with Crippen LogP contribution >= 0.6 is 0 Å². The van der Waals surface area contributed by atoms with Crippen LogP contribution in [0.15, 0.2) is 60.9 Å². The second-order valence-electron chi connectivity index (χ2n) is 7.13. The fraction of sp³-hybridized carbons (Fsp3) is 0.273. The van der Waals surface area contributed by atoms with E-state index in [0.29, 0.717) is 0 Å². The molecule has 0 radical (unpaired) electrons. The van der Waals surface area contributed by atoms with Crippen molar-refractivity contribution in [1.82, 2.24) is 15.2 Å². The van der Waals surface area contributed by atoms with Crippen LogP contribution in [0, 0.1) is 12.8 Å². The zero-order valence-electron chi connectivity index (χ0n) is 15.9. The van der Waals surface area contributed by atoms with Gasteiger partial charge in [0.1, 0.15) is 0 Å². The predicted octanol–water partition coefficient (Wildman–Crippen LogP) is 3.70. The van der Waals surface area contributed by atoms with E-state index in [-0.39, 0.29) is 11.8 Å². The first-order valence-corrected chi connectivity index (χ1v) is 9.56. The van der Waals surface area contributed by atoms with Crippen LogP contribution in [0.3, 0.4) is 0 Å². The van der Waals surface area contributed by atoms with Gasteiger partial charge in [0.15, 0.2) is 5.82 Å². The number of benzene rings is 1. The van der Waals surface area contributed by atoms with E-state index in [1.165, 1.54) is 0 Å². The van der Waals surface area contributed by atoms with Crippen molar-refractivity contribution in [1.29, 1.82) is 0 Å². The van der Waals surface area contributed by atoms with E-state index < -0.39 is 0 Å². The van der Waals surface area contributed by atoms with Gasteiger partial charge in [-0.3, -0.25) is 9.78 Å². The summed E-state index contributed by atoms with van der Waals surface area (Å²) in [5.41, 5.74) is 3.84. The van der Waals surface area contributed by atoms with E-state index in [0.717, 1.165) is 54.3 Å². The van der Waals surface area contributed by atoms with E-state index in [9.17, 15) is 4.79 Å². The molecular weight excluding hydrogens is 350 g/mol. The third-order valence-electron chi connectivity index (χ3n) is 5.10. The third kappa shape index (κ3) is 4.17. The Morgan fingerprint density at radius 2 is 1.82 bits per heavy atom. The summed E-state index contributed by atoms with van der Waals surface area (Å²) < 4.78 is 0. The normalized spacial score (nSPS) is 14.7. The van der Waals surface area contributed by atoms with Crippen molar-refractivity contribution in [3.8, 4) is 11.3 Å². The van der Waals surface area contributed by atoms with Crippen LogP contribution in [0.1, 0.15) is 18.4 Å². The maximum absolute atomic E-state index is 12.6. The highest BCUT2D eigenvalue weighted by molar-refractivity contribution is 5.92. The van der Waals surface area contributed by atoms with Gasteiger partial charge in [0.25, 0.3) is 0 Å².